The minimum Gasteiger partial charge on any atom is -0.357 e. The number of hydrogen-bond donors (Lipinski definition) is 0. The van der Waals surface area contributed by atoms with E-state index in [0.717, 1.165) is 19.3 Å². The highest BCUT2D eigenvalue weighted by Crippen LogP contribution is 2.32. The van der Waals surface area contributed by atoms with Gasteiger partial charge in [-0.05, 0) is 31.4 Å². The summed E-state index contributed by atoms with van der Waals surface area (Å²) in [6, 6.07) is 3.44. The molecule has 6 heteroatoms. The fraction of sp³-hybridized carbons (Fsp3) is 0.429. The molecule has 0 spiro atoms. The third kappa shape index (κ3) is 2.56. The first kappa shape index (κ1) is 13.2. The van der Waals surface area contributed by atoms with Crippen molar-refractivity contribution in [3.8, 4) is 11.3 Å². The lowest BCUT2D eigenvalue weighted by Crippen LogP contribution is -2.18. The van der Waals surface area contributed by atoms with Gasteiger partial charge in [-0.25, -0.2) is 13.5 Å². The second-order valence-corrected chi connectivity index (χ2v) is 4.78. The van der Waals surface area contributed by atoms with E-state index in [2.05, 4.69) is 10.1 Å². The van der Waals surface area contributed by atoms with Gasteiger partial charge < -0.3 is 4.74 Å². The standard InChI is InChI=1S/C14H15F2N3O/c15-14(16)11-9-19(12-5-1-2-7-20-12)18-13(11)10-4-3-6-17-8-10/h3-4,6,8-9,12,14H,1-2,5,7H2. The molecule has 0 amide bonds. The smallest absolute Gasteiger partial charge is 0.267 e. The van der Waals surface area contributed by atoms with Crippen molar-refractivity contribution in [1.29, 1.82) is 0 Å². The molecule has 1 atom stereocenters. The molecule has 1 aliphatic rings. The van der Waals surface area contributed by atoms with Crippen LogP contribution in [0.4, 0.5) is 8.78 Å². The molecule has 4 nitrogen and oxygen atoms in total. The summed E-state index contributed by atoms with van der Waals surface area (Å²) in [6.07, 6.45) is 4.56. The number of halogens is 2. The molecule has 0 radical (unpaired) electrons. The normalized spacial score (nSPS) is 19.4. The van der Waals surface area contributed by atoms with E-state index in [4.69, 9.17) is 4.74 Å². The van der Waals surface area contributed by atoms with Crippen molar-refractivity contribution in [3.05, 3.63) is 36.3 Å². The van der Waals surface area contributed by atoms with Crippen LogP contribution in [0.15, 0.2) is 30.7 Å². The van der Waals surface area contributed by atoms with Gasteiger partial charge in [-0.15, -0.1) is 0 Å². The van der Waals surface area contributed by atoms with Crippen LogP contribution in [-0.4, -0.2) is 21.4 Å². The van der Waals surface area contributed by atoms with Crippen LogP contribution >= 0.6 is 0 Å². The summed E-state index contributed by atoms with van der Waals surface area (Å²) in [5, 5.41) is 4.30. The molecular formula is C14H15F2N3O. The molecule has 0 aromatic carbocycles. The molecule has 0 aliphatic carbocycles. The van der Waals surface area contributed by atoms with E-state index in [1.165, 1.54) is 10.9 Å². The van der Waals surface area contributed by atoms with Gasteiger partial charge in [0, 0.05) is 30.8 Å². The molecule has 106 valence electrons. The van der Waals surface area contributed by atoms with Crippen LogP contribution in [0.3, 0.4) is 0 Å². The van der Waals surface area contributed by atoms with Crippen LogP contribution in [-0.2, 0) is 4.74 Å². The average molecular weight is 279 g/mol. The monoisotopic (exact) mass is 279 g/mol. The Labute approximate surface area is 115 Å². The molecule has 3 rings (SSSR count). The minimum absolute atomic E-state index is 0.0767. The molecule has 3 heterocycles. The largest absolute Gasteiger partial charge is 0.357 e. The van der Waals surface area contributed by atoms with E-state index < -0.39 is 6.43 Å². The number of hydrogen-bond acceptors (Lipinski definition) is 3. The Morgan fingerprint density at radius 3 is 2.90 bits per heavy atom. The molecule has 0 bridgehead atoms. The van der Waals surface area contributed by atoms with E-state index in [1.54, 1.807) is 24.5 Å². The molecular weight excluding hydrogens is 264 g/mol. The zero-order valence-electron chi connectivity index (χ0n) is 10.9. The van der Waals surface area contributed by atoms with Gasteiger partial charge in [-0.1, -0.05) is 0 Å². The van der Waals surface area contributed by atoms with E-state index in [1.807, 2.05) is 0 Å². The van der Waals surface area contributed by atoms with Gasteiger partial charge in [-0.3, -0.25) is 4.98 Å². The molecule has 0 N–H and O–H groups in total. The number of pyridine rings is 1. The van der Waals surface area contributed by atoms with Crippen molar-refractivity contribution in [2.24, 2.45) is 0 Å². The van der Waals surface area contributed by atoms with Crippen molar-refractivity contribution in [2.75, 3.05) is 6.61 Å². The summed E-state index contributed by atoms with van der Waals surface area (Å²) in [5.41, 5.74) is 0.798. The summed E-state index contributed by atoms with van der Waals surface area (Å²) in [4.78, 5) is 3.96. The number of rotatable bonds is 3. The molecule has 0 saturated carbocycles. The van der Waals surface area contributed by atoms with Crippen molar-refractivity contribution in [1.82, 2.24) is 14.8 Å². The van der Waals surface area contributed by atoms with Crippen LogP contribution in [0.1, 0.15) is 37.5 Å². The topological polar surface area (TPSA) is 39.9 Å². The summed E-state index contributed by atoms with van der Waals surface area (Å²) >= 11 is 0. The molecule has 1 unspecified atom stereocenters. The van der Waals surface area contributed by atoms with E-state index >= 15 is 0 Å². The minimum atomic E-state index is -2.57. The first-order valence-corrected chi connectivity index (χ1v) is 6.65. The van der Waals surface area contributed by atoms with Gasteiger partial charge in [0.1, 0.15) is 11.9 Å². The lowest BCUT2D eigenvalue weighted by Gasteiger charge is -2.22. The lowest BCUT2D eigenvalue weighted by molar-refractivity contribution is -0.0395. The third-order valence-corrected chi connectivity index (χ3v) is 3.38. The molecule has 2 aromatic rings. The SMILES string of the molecule is FC(F)c1cn(C2CCCCO2)nc1-c1cccnc1. The van der Waals surface area contributed by atoms with Crippen molar-refractivity contribution < 1.29 is 13.5 Å². The van der Waals surface area contributed by atoms with E-state index in [0.29, 0.717) is 12.2 Å². The molecule has 20 heavy (non-hydrogen) atoms. The van der Waals surface area contributed by atoms with Gasteiger partial charge in [-0.2, -0.15) is 5.10 Å². The Kier molecular flexibility index (Phi) is 3.73. The summed E-state index contributed by atoms with van der Waals surface area (Å²) < 4.78 is 33.5. The van der Waals surface area contributed by atoms with Crippen LogP contribution in [0, 0.1) is 0 Å². The third-order valence-electron chi connectivity index (χ3n) is 3.38. The predicted molar refractivity (Wildman–Crippen MR) is 69.3 cm³/mol. The first-order valence-electron chi connectivity index (χ1n) is 6.65. The van der Waals surface area contributed by atoms with Crippen molar-refractivity contribution in [2.45, 2.75) is 31.9 Å². The Morgan fingerprint density at radius 2 is 2.25 bits per heavy atom. The fourth-order valence-electron chi connectivity index (χ4n) is 2.37. The summed E-state index contributed by atoms with van der Waals surface area (Å²) in [5.74, 6) is 0. The summed E-state index contributed by atoms with van der Waals surface area (Å²) in [6.45, 7) is 0.650. The number of aromatic nitrogens is 3. The summed E-state index contributed by atoms with van der Waals surface area (Å²) in [7, 11) is 0. The van der Waals surface area contributed by atoms with Gasteiger partial charge in [0.15, 0.2) is 0 Å². The van der Waals surface area contributed by atoms with Crippen LogP contribution < -0.4 is 0 Å². The Bertz CT molecular complexity index is 565. The Hall–Kier alpha value is -1.82. The zero-order valence-corrected chi connectivity index (χ0v) is 10.9. The fourth-order valence-corrected chi connectivity index (χ4v) is 2.37. The second-order valence-electron chi connectivity index (χ2n) is 4.78. The highest BCUT2D eigenvalue weighted by atomic mass is 19.3. The molecule has 1 fully saturated rings. The van der Waals surface area contributed by atoms with Crippen LogP contribution in [0.2, 0.25) is 0 Å². The van der Waals surface area contributed by atoms with E-state index in [-0.39, 0.29) is 17.5 Å². The van der Waals surface area contributed by atoms with Gasteiger partial charge in [0.2, 0.25) is 0 Å². The van der Waals surface area contributed by atoms with Crippen molar-refractivity contribution >= 4 is 0 Å². The highest BCUT2D eigenvalue weighted by molar-refractivity contribution is 5.61. The Morgan fingerprint density at radius 1 is 1.35 bits per heavy atom. The lowest BCUT2D eigenvalue weighted by atomic mass is 10.1. The average Bonchev–Trinajstić information content (AvgIpc) is 2.94. The predicted octanol–water partition coefficient (Wildman–Crippen LogP) is 3.58. The highest BCUT2D eigenvalue weighted by Gasteiger charge is 2.23. The first-order chi connectivity index (χ1) is 9.75. The van der Waals surface area contributed by atoms with Gasteiger partial charge in [0.25, 0.3) is 6.43 Å². The van der Waals surface area contributed by atoms with Gasteiger partial charge >= 0.3 is 0 Å². The van der Waals surface area contributed by atoms with Crippen LogP contribution in [0.5, 0.6) is 0 Å². The Balaban J connectivity index is 1.98. The van der Waals surface area contributed by atoms with Crippen molar-refractivity contribution in [3.63, 3.8) is 0 Å². The van der Waals surface area contributed by atoms with Crippen LogP contribution in [0.25, 0.3) is 11.3 Å². The molecule has 1 saturated heterocycles. The maximum Gasteiger partial charge on any atom is 0.267 e. The maximum absolute atomic E-state index is 13.2. The maximum atomic E-state index is 13.2. The number of nitrogens with zero attached hydrogens (tertiary/aromatic N) is 3. The van der Waals surface area contributed by atoms with Gasteiger partial charge in [0.05, 0.1) is 5.56 Å². The second kappa shape index (κ2) is 5.66. The molecule has 1 aliphatic heterocycles. The number of alkyl halides is 2. The quantitative estimate of drug-likeness (QED) is 0.862. The zero-order chi connectivity index (χ0) is 13.9. The number of ether oxygens (including phenoxy) is 1. The molecule has 2 aromatic heterocycles. The van der Waals surface area contributed by atoms with E-state index in [9.17, 15) is 8.78 Å².